The van der Waals surface area contributed by atoms with Crippen molar-refractivity contribution in [3.8, 4) is 0 Å². The molecule has 6 heteroatoms. The second-order valence-electron chi connectivity index (χ2n) is 6.66. The molecular formula is C20H13NO5. The van der Waals surface area contributed by atoms with Crippen LogP contribution in [0.4, 0.5) is 5.69 Å². The summed E-state index contributed by atoms with van der Waals surface area (Å²) in [6.45, 7) is 0. The van der Waals surface area contributed by atoms with E-state index in [-0.39, 0.29) is 11.6 Å². The van der Waals surface area contributed by atoms with Crippen LogP contribution in [-0.4, -0.2) is 17.5 Å². The molecule has 4 aliphatic rings. The zero-order valence-corrected chi connectivity index (χ0v) is 13.5. The van der Waals surface area contributed by atoms with Crippen LogP contribution in [-0.2, 0) is 24.7 Å². The minimum atomic E-state index is -1.12. The van der Waals surface area contributed by atoms with Gasteiger partial charge in [0.15, 0.2) is 17.2 Å². The van der Waals surface area contributed by atoms with Crippen molar-refractivity contribution < 1.29 is 23.9 Å². The highest BCUT2D eigenvalue weighted by molar-refractivity contribution is 6.03. The average Bonchev–Trinajstić information content (AvgIpc) is 2.87. The van der Waals surface area contributed by atoms with Crippen molar-refractivity contribution in [2.75, 3.05) is 5.73 Å². The topological polar surface area (TPSA) is 95.7 Å². The molecule has 0 aromatic heterocycles. The number of ether oxygens (including phenoxy) is 2. The van der Waals surface area contributed by atoms with Gasteiger partial charge < -0.3 is 15.2 Å². The molecule has 0 radical (unpaired) electrons. The van der Waals surface area contributed by atoms with E-state index >= 15 is 0 Å². The summed E-state index contributed by atoms with van der Waals surface area (Å²) in [5, 5.41) is 0. The van der Waals surface area contributed by atoms with Crippen LogP contribution < -0.4 is 5.73 Å². The van der Waals surface area contributed by atoms with Crippen molar-refractivity contribution in [2.45, 2.75) is 5.60 Å². The first kappa shape index (κ1) is 14.9. The van der Waals surface area contributed by atoms with Crippen LogP contribution >= 0.6 is 0 Å². The largest absolute Gasteiger partial charge is 0.464 e. The number of nitrogen functional groups attached to an aromatic ring is 1. The minimum Gasteiger partial charge on any atom is -0.464 e. The Morgan fingerprint density at radius 2 is 1.54 bits per heavy atom. The lowest BCUT2D eigenvalue weighted by molar-refractivity contribution is -0.112. The zero-order chi connectivity index (χ0) is 18.1. The smallest absolute Gasteiger partial charge is 0.339 e. The lowest BCUT2D eigenvalue weighted by atomic mass is 9.66. The third kappa shape index (κ3) is 1.78. The summed E-state index contributed by atoms with van der Waals surface area (Å²) >= 11 is 0. The van der Waals surface area contributed by atoms with Gasteiger partial charge in [-0.1, -0.05) is 18.2 Å². The molecule has 1 fully saturated rings. The molecule has 6 nitrogen and oxygen atoms in total. The molecule has 1 aromatic rings. The SMILES string of the molecule is Nc1ccc2c(c1)C(=O)OC21C2C=CC(=O)C=C2OC2=CC(=O)C=CC21. The van der Waals surface area contributed by atoms with Gasteiger partial charge in [-0.05, 0) is 24.3 Å². The predicted octanol–water partition coefficient (Wildman–Crippen LogP) is 1.94. The van der Waals surface area contributed by atoms with Crippen LogP contribution in [0, 0.1) is 11.8 Å². The molecule has 0 amide bonds. The number of ketones is 2. The number of carbonyl (C=O) groups excluding carboxylic acids is 3. The van der Waals surface area contributed by atoms with E-state index in [2.05, 4.69) is 0 Å². The fourth-order valence-corrected chi connectivity index (χ4v) is 4.15. The molecule has 2 unspecified atom stereocenters. The van der Waals surface area contributed by atoms with Gasteiger partial charge in [-0.15, -0.1) is 0 Å². The van der Waals surface area contributed by atoms with Gasteiger partial charge in [-0.2, -0.15) is 0 Å². The van der Waals surface area contributed by atoms with Gasteiger partial charge in [0.05, 0.1) is 17.4 Å². The molecular weight excluding hydrogens is 334 g/mol. The van der Waals surface area contributed by atoms with Crippen molar-refractivity contribution >= 4 is 23.2 Å². The van der Waals surface area contributed by atoms with Crippen molar-refractivity contribution in [3.63, 3.8) is 0 Å². The Labute approximate surface area is 148 Å². The monoisotopic (exact) mass is 347 g/mol. The second kappa shape index (κ2) is 4.82. The molecule has 2 aliphatic carbocycles. The number of hydrogen-bond acceptors (Lipinski definition) is 6. The third-order valence-corrected chi connectivity index (χ3v) is 5.19. The van der Waals surface area contributed by atoms with Gasteiger partial charge in [0.25, 0.3) is 0 Å². The number of nitrogens with two attached hydrogens (primary N) is 1. The fraction of sp³-hybridized carbons (Fsp3) is 0.150. The number of carbonyl (C=O) groups is 3. The Bertz CT molecular complexity index is 981. The summed E-state index contributed by atoms with van der Waals surface area (Å²) < 4.78 is 11.8. The number of hydrogen-bond donors (Lipinski definition) is 1. The van der Waals surface area contributed by atoms with Crippen LogP contribution in [0.3, 0.4) is 0 Å². The number of esters is 1. The van der Waals surface area contributed by atoms with Crippen LogP contribution in [0.2, 0.25) is 0 Å². The Hall–Kier alpha value is -3.41. The summed E-state index contributed by atoms with van der Waals surface area (Å²) in [5.74, 6) is -1.15. The van der Waals surface area contributed by atoms with Gasteiger partial charge in [0.2, 0.25) is 0 Å². The predicted molar refractivity (Wildman–Crippen MR) is 90.5 cm³/mol. The van der Waals surface area contributed by atoms with Crippen LogP contribution in [0.15, 0.2) is 66.2 Å². The van der Waals surface area contributed by atoms with Gasteiger partial charge in [0.1, 0.15) is 11.5 Å². The molecule has 2 atom stereocenters. The van der Waals surface area contributed by atoms with E-state index < -0.39 is 23.4 Å². The minimum absolute atomic E-state index is 0.218. The zero-order valence-electron chi connectivity index (χ0n) is 13.5. The highest BCUT2D eigenvalue weighted by atomic mass is 16.6. The number of benzene rings is 1. The molecule has 1 spiro atoms. The van der Waals surface area contributed by atoms with Crippen LogP contribution in [0.1, 0.15) is 15.9 Å². The first-order chi connectivity index (χ1) is 12.5. The van der Waals surface area contributed by atoms with E-state index in [0.717, 1.165) is 0 Å². The molecule has 2 N–H and O–H groups in total. The maximum Gasteiger partial charge on any atom is 0.339 e. The lowest BCUT2D eigenvalue weighted by Crippen LogP contribution is -2.48. The van der Waals surface area contributed by atoms with Crippen LogP contribution in [0.5, 0.6) is 0 Å². The summed E-state index contributed by atoms with van der Waals surface area (Å²) in [5.41, 5.74) is 6.24. The first-order valence-corrected chi connectivity index (χ1v) is 8.18. The summed E-state index contributed by atoms with van der Waals surface area (Å²) in [6, 6.07) is 5.06. The normalized spacial score (nSPS) is 30.8. The van der Waals surface area contributed by atoms with Crippen molar-refractivity contribution in [3.05, 3.63) is 77.3 Å². The van der Waals surface area contributed by atoms with Crippen molar-refractivity contribution in [1.29, 1.82) is 0 Å². The van der Waals surface area contributed by atoms with Gasteiger partial charge in [-0.25, -0.2) is 4.79 Å². The summed E-state index contributed by atoms with van der Waals surface area (Å²) in [4.78, 5) is 36.3. The summed E-state index contributed by atoms with van der Waals surface area (Å²) in [6.07, 6.45) is 9.00. The Morgan fingerprint density at radius 1 is 0.923 bits per heavy atom. The molecule has 1 saturated heterocycles. The van der Waals surface area contributed by atoms with Crippen molar-refractivity contribution in [2.24, 2.45) is 11.8 Å². The number of rotatable bonds is 0. The van der Waals surface area contributed by atoms with E-state index in [1.807, 2.05) is 0 Å². The van der Waals surface area contributed by atoms with E-state index in [0.29, 0.717) is 28.3 Å². The number of fused-ring (bicyclic) bond motifs is 6. The summed E-state index contributed by atoms with van der Waals surface area (Å²) in [7, 11) is 0. The van der Waals surface area contributed by atoms with E-state index in [1.54, 1.807) is 30.4 Å². The third-order valence-electron chi connectivity index (χ3n) is 5.19. The fourth-order valence-electron chi connectivity index (χ4n) is 4.15. The van der Waals surface area contributed by atoms with E-state index in [4.69, 9.17) is 15.2 Å². The molecule has 26 heavy (non-hydrogen) atoms. The number of allylic oxidation sites excluding steroid dienone is 4. The van der Waals surface area contributed by atoms with E-state index in [9.17, 15) is 14.4 Å². The molecule has 0 bridgehead atoms. The Morgan fingerprint density at radius 3 is 2.15 bits per heavy atom. The van der Waals surface area contributed by atoms with Gasteiger partial charge in [-0.3, -0.25) is 9.59 Å². The van der Waals surface area contributed by atoms with Gasteiger partial charge in [0, 0.05) is 23.4 Å². The van der Waals surface area contributed by atoms with Gasteiger partial charge >= 0.3 is 5.97 Å². The Balaban J connectivity index is 1.80. The quantitative estimate of drug-likeness (QED) is 0.569. The maximum atomic E-state index is 12.6. The average molecular weight is 347 g/mol. The highest BCUT2D eigenvalue weighted by Gasteiger charge is 2.61. The molecule has 128 valence electrons. The van der Waals surface area contributed by atoms with E-state index in [1.165, 1.54) is 24.3 Å². The van der Waals surface area contributed by atoms with Crippen molar-refractivity contribution in [1.82, 2.24) is 0 Å². The maximum absolute atomic E-state index is 12.6. The molecule has 0 saturated carbocycles. The molecule has 5 rings (SSSR count). The van der Waals surface area contributed by atoms with Crippen LogP contribution in [0.25, 0.3) is 0 Å². The standard InChI is InChI=1S/C20H13NO5/c21-10-1-4-14-13(7-10)19(24)26-20(14)15-5-2-11(22)8-17(15)25-18-9-12(23)3-6-16(18)20/h1-9,15-16H,21H2. The molecule has 2 aliphatic heterocycles. The Kier molecular flexibility index (Phi) is 2.76. The molecule has 1 aromatic carbocycles. The molecule has 2 heterocycles. The lowest BCUT2D eigenvalue weighted by Gasteiger charge is -2.47. The first-order valence-electron chi connectivity index (χ1n) is 8.18. The highest BCUT2D eigenvalue weighted by Crippen LogP contribution is 2.57. The number of anilines is 1. The second-order valence-corrected chi connectivity index (χ2v) is 6.66.